The zero-order valence-corrected chi connectivity index (χ0v) is 9.89. The molecule has 1 heterocycles. The van der Waals surface area contributed by atoms with Gasteiger partial charge in [-0.3, -0.25) is 4.68 Å². The lowest BCUT2D eigenvalue weighted by Gasteiger charge is -2.12. The molecule has 4 nitrogen and oxygen atoms in total. The molecule has 0 saturated heterocycles. The zero-order valence-electron chi connectivity index (χ0n) is 9.14. The molecular weight excluding hydrogens is 245 g/mol. The van der Waals surface area contributed by atoms with E-state index in [4.69, 9.17) is 11.6 Å². The van der Waals surface area contributed by atoms with Gasteiger partial charge in [-0.2, -0.15) is 5.10 Å². The maximum Gasteiger partial charge on any atom is 0.138 e. The molecule has 0 spiro atoms. The summed E-state index contributed by atoms with van der Waals surface area (Å²) in [6, 6.07) is 4.30. The summed E-state index contributed by atoms with van der Waals surface area (Å²) in [5.41, 5.74) is 0.0946. The van der Waals surface area contributed by atoms with Crippen molar-refractivity contribution >= 4 is 11.6 Å². The van der Waals surface area contributed by atoms with Gasteiger partial charge in [0.2, 0.25) is 0 Å². The molecule has 0 amide bonds. The van der Waals surface area contributed by atoms with Crippen molar-refractivity contribution in [2.24, 2.45) is 7.05 Å². The van der Waals surface area contributed by atoms with Crippen molar-refractivity contribution in [3.05, 3.63) is 46.8 Å². The fourth-order valence-corrected chi connectivity index (χ4v) is 1.90. The third kappa shape index (κ3) is 2.45. The number of halogens is 2. The lowest BCUT2D eigenvalue weighted by atomic mass is 10.1. The maximum absolute atomic E-state index is 13.5. The molecule has 90 valence electrons. The van der Waals surface area contributed by atoms with E-state index in [2.05, 4.69) is 10.1 Å². The van der Waals surface area contributed by atoms with Gasteiger partial charge in [0.1, 0.15) is 18.0 Å². The van der Waals surface area contributed by atoms with Crippen molar-refractivity contribution < 1.29 is 9.50 Å². The van der Waals surface area contributed by atoms with Gasteiger partial charge in [-0.25, -0.2) is 9.37 Å². The quantitative estimate of drug-likeness (QED) is 0.911. The molecule has 1 unspecified atom stereocenters. The van der Waals surface area contributed by atoms with Crippen molar-refractivity contribution in [3.8, 4) is 0 Å². The highest BCUT2D eigenvalue weighted by Crippen LogP contribution is 2.27. The molecule has 1 atom stereocenters. The van der Waals surface area contributed by atoms with E-state index in [9.17, 15) is 9.50 Å². The summed E-state index contributed by atoms with van der Waals surface area (Å²) in [5, 5.41) is 14.1. The standard InChI is InChI=1S/C11H11ClFN3O/c1-16-10(14-6-15-16)5-9(17)11-7(12)3-2-4-8(11)13/h2-4,6,9,17H,5H2,1H3. The van der Waals surface area contributed by atoms with Gasteiger partial charge < -0.3 is 5.11 Å². The van der Waals surface area contributed by atoms with Crippen LogP contribution in [-0.4, -0.2) is 19.9 Å². The number of aromatic nitrogens is 3. The third-order valence-corrected chi connectivity index (χ3v) is 2.84. The van der Waals surface area contributed by atoms with E-state index >= 15 is 0 Å². The SMILES string of the molecule is Cn1ncnc1CC(O)c1c(F)cccc1Cl. The van der Waals surface area contributed by atoms with E-state index in [-0.39, 0.29) is 17.0 Å². The number of aliphatic hydroxyl groups is 1. The highest BCUT2D eigenvalue weighted by molar-refractivity contribution is 6.31. The Morgan fingerprint density at radius 3 is 2.88 bits per heavy atom. The Kier molecular flexibility index (Phi) is 3.40. The summed E-state index contributed by atoms with van der Waals surface area (Å²) < 4.78 is 15.1. The first-order valence-electron chi connectivity index (χ1n) is 5.04. The predicted molar refractivity (Wildman–Crippen MR) is 61.1 cm³/mol. The monoisotopic (exact) mass is 255 g/mol. The van der Waals surface area contributed by atoms with E-state index < -0.39 is 11.9 Å². The average molecular weight is 256 g/mol. The minimum atomic E-state index is -1.04. The summed E-state index contributed by atoms with van der Waals surface area (Å²) in [6.45, 7) is 0. The minimum Gasteiger partial charge on any atom is -0.388 e. The van der Waals surface area contributed by atoms with Crippen LogP contribution in [0, 0.1) is 5.82 Å². The summed E-state index contributed by atoms with van der Waals surface area (Å²) >= 11 is 5.86. The first kappa shape index (κ1) is 12.0. The first-order valence-corrected chi connectivity index (χ1v) is 5.42. The molecule has 1 aromatic heterocycles. The lowest BCUT2D eigenvalue weighted by molar-refractivity contribution is 0.170. The normalized spacial score (nSPS) is 12.7. The Balaban J connectivity index is 2.26. The highest BCUT2D eigenvalue weighted by Gasteiger charge is 2.18. The van der Waals surface area contributed by atoms with Gasteiger partial charge >= 0.3 is 0 Å². The molecule has 0 aliphatic rings. The second kappa shape index (κ2) is 4.81. The molecule has 0 bridgehead atoms. The Bertz CT molecular complexity index is 509. The molecule has 0 saturated carbocycles. The summed E-state index contributed by atoms with van der Waals surface area (Å²) in [4.78, 5) is 3.97. The van der Waals surface area contributed by atoms with E-state index in [1.54, 1.807) is 13.1 Å². The topological polar surface area (TPSA) is 50.9 Å². The minimum absolute atomic E-state index is 0.0946. The number of rotatable bonds is 3. The van der Waals surface area contributed by atoms with Crippen LogP contribution < -0.4 is 0 Å². The Morgan fingerprint density at radius 1 is 1.53 bits per heavy atom. The molecule has 6 heteroatoms. The van der Waals surface area contributed by atoms with Crippen molar-refractivity contribution in [2.45, 2.75) is 12.5 Å². The molecule has 1 aromatic carbocycles. The largest absolute Gasteiger partial charge is 0.388 e. The van der Waals surface area contributed by atoms with Crippen LogP contribution in [-0.2, 0) is 13.5 Å². The van der Waals surface area contributed by atoms with Crippen LogP contribution in [0.2, 0.25) is 5.02 Å². The molecule has 2 aromatic rings. The van der Waals surface area contributed by atoms with Gasteiger partial charge in [0.15, 0.2) is 0 Å². The van der Waals surface area contributed by atoms with Crippen LogP contribution in [0.1, 0.15) is 17.5 Å². The molecule has 2 rings (SSSR count). The van der Waals surface area contributed by atoms with Crippen molar-refractivity contribution in [2.75, 3.05) is 0 Å². The number of aryl methyl sites for hydroxylation is 1. The Morgan fingerprint density at radius 2 is 2.29 bits per heavy atom. The van der Waals surface area contributed by atoms with Crippen molar-refractivity contribution in [3.63, 3.8) is 0 Å². The molecule has 17 heavy (non-hydrogen) atoms. The maximum atomic E-state index is 13.5. The molecule has 0 aliphatic carbocycles. The van der Waals surface area contributed by atoms with Crippen LogP contribution in [0.3, 0.4) is 0 Å². The van der Waals surface area contributed by atoms with E-state index in [0.717, 1.165) is 0 Å². The van der Waals surface area contributed by atoms with E-state index in [1.165, 1.54) is 23.1 Å². The predicted octanol–water partition coefficient (Wildman–Crippen LogP) is 1.88. The fraction of sp³-hybridized carbons (Fsp3) is 0.273. The second-order valence-electron chi connectivity index (χ2n) is 3.66. The first-order chi connectivity index (χ1) is 8.09. The zero-order chi connectivity index (χ0) is 12.4. The smallest absolute Gasteiger partial charge is 0.138 e. The highest BCUT2D eigenvalue weighted by atomic mass is 35.5. The third-order valence-electron chi connectivity index (χ3n) is 2.51. The van der Waals surface area contributed by atoms with Crippen molar-refractivity contribution in [1.29, 1.82) is 0 Å². The molecular formula is C11H11ClFN3O. The molecule has 0 fully saturated rings. The van der Waals surface area contributed by atoms with Crippen molar-refractivity contribution in [1.82, 2.24) is 14.8 Å². The van der Waals surface area contributed by atoms with Gasteiger partial charge in [-0.05, 0) is 12.1 Å². The van der Waals surface area contributed by atoms with Crippen LogP contribution in [0.5, 0.6) is 0 Å². The van der Waals surface area contributed by atoms with Gasteiger partial charge in [0.25, 0.3) is 0 Å². The number of hydrogen-bond donors (Lipinski definition) is 1. The van der Waals surface area contributed by atoms with Gasteiger partial charge in [-0.1, -0.05) is 17.7 Å². The van der Waals surface area contributed by atoms with Gasteiger partial charge in [-0.15, -0.1) is 0 Å². The fourth-order valence-electron chi connectivity index (χ4n) is 1.61. The lowest BCUT2D eigenvalue weighted by Crippen LogP contribution is -2.09. The Hall–Kier alpha value is -1.46. The van der Waals surface area contributed by atoms with Crippen LogP contribution in [0.25, 0.3) is 0 Å². The van der Waals surface area contributed by atoms with Crippen LogP contribution in [0.15, 0.2) is 24.5 Å². The van der Waals surface area contributed by atoms with Gasteiger partial charge in [0.05, 0.1) is 6.10 Å². The summed E-state index contributed by atoms with van der Waals surface area (Å²) in [5.74, 6) is 0.0454. The Labute approximate surface area is 103 Å². The number of aliphatic hydroxyl groups excluding tert-OH is 1. The number of benzene rings is 1. The van der Waals surface area contributed by atoms with Crippen LogP contribution in [0.4, 0.5) is 4.39 Å². The van der Waals surface area contributed by atoms with E-state index in [0.29, 0.717) is 5.82 Å². The average Bonchev–Trinajstić information content (AvgIpc) is 2.64. The summed E-state index contributed by atoms with van der Waals surface area (Å²) in [7, 11) is 1.71. The summed E-state index contributed by atoms with van der Waals surface area (Å²) in [6.07, 6.45) is 0.508. The van der Waals surface area contributed by atoms with Crippen LogP contribution >= 0.6 is 11.6 Å². The van der Waals surface area contributed by atoms with Gasteiger partial charge in [0, 0.05) is 24.1 Å². The van der Waals surface area contributed by atoms with E-state index in [1.807, 2.05) is 0 Å². The second-order valence-corrected chi connectivity index (χ2v) is 4.06. The molecule has 1 N–H and O–H groups in total. The number of nitrogens with zero attached hydrogens (tertiary/aromatic N) is 3. The molecule has 0 radical (unpaired) electrons. The molecule has 0 aliphatic heterocycles. The number of hydrogen-bond acceptors (Lipinski definition) is 3.